The van der Waals surface area contributed by atoms with E-state index in [-0.39, 0.29) is 6.09 Å². The first-order valence-corrected chi connectivity index (χ1v) is 5.73. The first kappa shape index (κ1) is 11.7. The Morgan fingerprint density at radius 2 is 2.12 bits per heavy atom. The summed E-state index contributed by atoms with van der Waals surface area (Å²) in [5.74, 6) is 0. The number of rotatable bonds is 2. The van der Waals surface area contributed by atoms with Crippen molar-refractivity contribution in [3.05, 3.63) is 48.0 Å². The van der Waals surface area contributed by atoms with Crippen molar-refractivity contribution in [1.29, 1.82) is 0 Å². The molecule has 1 aromatic rings. The summed E-state index contributed by atoms with van der Waals surface area (Å²) in [7, 11) is 0. The van der Waals surface area contributed by atoms with Crippen molar-refractivity contribution in [3.8, 4) is 0 Å². The third kappa shape index (κ3) is 3.60. The van der Waals surface area contributed by atoms with Gasteiger partial charge < -0.3 is 4.74 Å². The average Bonchev–Trinajstić information content (AvgIpc) is 2.66. The highest BCUT2D eigenvalue weighted by Crippen LogP contribution is 2.03. The van der Waals surface area contributed by atoms with Gasteiger partial charge >= 0.3 is 6.09 Å². The molecule has 0 atom stereocenters. The number of carbonyl (C=O) groups is 1. The molecule has 4 heteroatoms. The standard InChI is InChI=1S/C13H16N2O2/c16-13(15-10-6-2-5-9-14-15)17-11-12-7-3-1-4-8-12/h1-4,6-8,14H,5,9-11H2. The molecule has 2 rings (SSSR count). The molecule has 0 aromatic heterocycles. The van der Waals surface area contributed by atoms with Gasteiger partial charge in [-0.05, 0) is 12.0 Å². The zero-order valence-electron chi connectivity index (χ0n) is 9.63. The fourth-order valence-electron chi connectivity index (χ4n) is 1.58. The van der Waals surface area contributed by atoms with Crippen LogP contribution in [0.1, 0.15) is 12.0 Å². The topological polar surface area (TPSA) is 41.6 Å². The lowest BCUT2D eigenvalue weighted by molar-refractivity contribution is 0.0833. The van der Waals surface area contributed by atoms with E-state index in [0.29, 0.717) is 13.2 Å². The van der Waals surface area contributed by atoms with Gasteiger partial charge in [-0.2, -0.15) is 0 Å². The zero-order valence-corrected chi connectivity index (χ0v) is 9.63. The SMILES string of the molecule is O=C(OCc1ccccc1)N1CC=CCCN1. The Morgan fingerprint density at radius 3 is 2.94 bits per heavy atom. The minimum Gasteiger partial charge on any atom is -0.444 e. The lowest BCUT2D eigenvalue weighted by Crippen LogP contribution is -2.42. The van der Waals surface area contributed by atoms with Crippen LogP contribution in [0.15, 0.2) is 42.5 Å². The fraction of sp³-hybridized carbons (Fsp3) is 0.308. The maximum atomic E-state index is 11.7. The molecule has 1 heterocycles. The van der Waals surface area contributed by atoms with E-state index in [4.69, 9.17) is 4.74 Å². The Hall–Kier alpha value is -1.81. The van der Waals surface area contributed by atoms with Crippen LogP contribution in [0.2, 0.25) is 0 Å². The maximum Gasteiger partial charge on any atom is 0.424 e. The molecule has 17 heavy (non-hydrogen) atoms. The lowest BCUT2D eigenvalue weighted by atomic mass is 10.2. The number of nitrogens with one attached hydrogen (secondary N) is 1. The molecule has 0 saturated carbocycles. The van der Waals surface area contributed by atoms with Gasteiger partial charge in [-0.1, -0.05) is 42.5 Å². The normalized spacial score (nSPS) is 15.4. The molecule has 1 aliphatic rings. The van der Waals surface area contributed by atoms with Crippen LogP contribution in [-0.4, -0.2) is 24.2 Å². The largest absolute Gasteiger partial charge is 0.444 e. The third-order valence-corrected chi connectivity index (χ3v) is 2.49. The van der Waals surface area contributed by atoms with E-state index < -0.39 is 0 Å². The molecular weight excluding hydrogens is 216 g/mol. The summed E-state index contributed by atoms with van der Waals surface area (Å²) in [6, 6.07) is 9.66. The molecule has 0 aliphatic carbocycles. The number of benzene rings is 1. The molecule has 90 valence electrons. The van der Waals surface area contributed by atoms with E-state index in [9.17, 15) is 4.79 Å². The van der Waals surface area contributed by atoms with E-state index >= 15 is 0 Å². The number of nitrogens with zero attached hydrogens (tertiary/aromatic N) is 1. The number of ether oxygens (including phenoxy) is 1. The van der Waals surface area contributed by atoms with Gasteiger partial charge in [-0.15, -0.1) is 0 Å². The molecule has 1 aromatic carbocycles. The quantitative estimate of drug-likeness (QED) is 0.794. The number of hydrogen-bond acceptors (Lipinski definition) is 3. The van der Waals surface area contributed by atoms with Gasteiger partial charge in [0.15, 0.2) is 0 Å². The monoisotopic (exact) mass is 232 g/mol. The average molecular weight is 232 g/mol. The van der Waals surface area contributed by atoms with Gasteiger partial charge in [0.25, 0.3) is 0 Å². The molecule has 1 amide bonds. The van der Waals surface area contributed by atoms with Crippen LogP contribution in [0.25, 0.3) is 0 Å². The second kappa shape index (κ2) is 6.06. The highest BCUT2D eigenvalue weighted by molar-refractivity contribution is 5.67. The van der Waals surface area contributed by atoms with Crippen molar-refractivity contribution in [2.45, 2.75) is 13.0 Å². The number of hydrazine groups is 1. The summed E-state index contributed by atoms with van der Waals surface area (Å²) in [4.78, 5) is 11.7. The molecule has 1 aliphatic heterocycles. The molecule has 0 fully saturated rings. The van der Waals surface area contributed by atoms with Crippen molar-refractivity contribution in [1.82, 2.24) is 10.4 Å². The molecular formula is C13H16N2O2. The second-order valence-corrected chi connectivity index (χ2v) is 3.82. The van der Waals surface area contributed by atoms with Crippen molar-refractivity contribution in [2.24, 2.45) is 0 Å². The van der Waals surface area contributed by atoms with Crippen molar-refractivity contribution < 1.29 is 9.53 Å². The Balaban J connectivity index is 1.82. The van der Waals surface area contributed by atoms with Gasteiger partial charge in [0.1, 0.15) is 6.61 Å². The van der Waals surface area contributed by atoms with Gasteiger partial charge in [0.05, 0.1) is 6.54 Å². The Labute approximate surface area is 101 Å². The minimum atomic E-state index is -0.333. The highest BCUT2D eigenvalue weighted by atomic mass is 16.6. The maximum absolute atomic E-state index is 11.7. The van der Waals surface area contributed by atoms with Gasteiger partial charge in [-0.3, -0.25) is 0 Å². The molecule has 1 N–H and O–H groups in total. The summed E-state index contributed by atoms with van der Waals surface area (Å²) in [6.07, 6.45) is 4.62. The highest BCUT2D eigenvalue weighted by Gasteiger charge is 2.14. The van der Waals surface area contributed by atoms with Gasteiger partial charge in [0, 0.05) is 6.54 Å². The first-order chi connectivity index (χ1) is 8.36. The molecule has 0 radical (unpaired) electrons. The Bertz CT molecular complexity index is 390. The minimum absolute atomic E-state index is 0.307. The molecule has 0 saturated heterocycles. The van der Waals surface area contributed by atoms with Crippen LogP contribution in [0.5, 0.6) is 0 Å². The predicted octanol–water partition coefficient (Wildman–Crippen LogP) is 2.09. The molecule has 0 bridgehead atoms. The van der Waals surface area contributed by atoms with E-state index in [1.54, 1.807) is 0 Å². The summed E-state index contributed by atoms with van der Waals surface area (Å²) in [5, 5.41) is 1.49. The van der Waals surface area contributed by atoms with Crippen LogP contribution < -0.4 is 5.43 Å². The molecule has 0 unspecified atom stereocenters. The Kier molecular flexibility index (Phi) is 4.16. The lowest BCUT2D eigenvalue weighted by Gasteiger charge is -2.19. The van der Waals surface area contributed by atoms with Gasteiger partial charge in [-0.25, -0.2) is 15.2 Å². The van der Waals surface area contributed by atoms with Crippen molar-refractivity contribution >= 4 is 6.09 Å². The van der Waals surface area contributed by atoms with E-state index in [0.717, 1.165) is 18.5 Å². The summed E-state index contributed by atoms with van der Waals surface area (Å²) in [5.41, 5.74) is 4.01. The van der Waals surface area contributed by atoms with Crippen LogP contribution in [0.3, 0.4) is 0 Å². The predicted molar refractivity (Wildman–Crippen MR) is 65.1 cm³/mol. The van der Waals surface area contributed by atoms with Crippen LogP contribution >= 0.6 is 0 Å². The first-order valence-electron chi connectivity index (χ1n) is 5.73. The van der Waals surface area contributed by atoms with E-state index in [2.05, 4.69) is 11.5 Å². The van der Waals surface area contributed by atoms with Crippen LogP contribution in [0.4, 0.5) is 4.79 Å². The number of carbonyl (C=O) groups excluding carboxylic acids is 1. The molecule has 4 nitrogen and oxygen atoms in total. The second-order valence-electron chi connectivity index (χ2n) is 3.82. The van der Waals surface area contributed by atoms with E-state index in [1.807, 2.05) is 36.4 Å². The number of hydrogen-bond donors (Lipinski definition) is 1. The number of amides is 1. The third-order valence-electron chi connectivity index (χ3n) is 2.49. The summed E-state index contributed by atoms with van der Waals surface area (Å²) >= 11 is 0. The smallest absolute Gasteiger partial charge is 0.424 e. The zero-order chi connectivity index (χ0) is 11.9. The van der Waals surface area contributed by atoms with Crippen molar-refractivity contribution in [2.75, 3.05) is 13.1 Å². The van der Waals surface area contributed by atoms with Crippen LogP contribution in [-0.2, 0) is 11.3 Å². The van der Waals surface area contributed by atoms with Crippen molar-refractivity contribution in [3.63, 3.8) is 0 Å². The summed E-state index contributed by atoms with van der Waals surface area (Å²) < 4.78 is 5.21. The fourth-order valence-corrected chi connectivity index (χ4v) is 1.58. The summed E-state index contributed by atoms with van der Waals surface area (Å²) in [6.45, 7) is 1.62. The van der Waals surface area contributed by atoms with Gasteiger partial charge in [0.2, 0.25) is 0 Å². The van der Waals surface area contributed by atoms with E-state index in [1.165, 1.54) is 5.01 Å². The van der Waals surface area contributed by atoms with Crippen LogP contribution in [0, 0.1) is 0 Å². The molecule has 0 spiro atoms. The Morgan fingerprint density at radius 1 is 1.29 bits per heavy atom.